The van der Waals surface area contributed by atoms with Gasteiger partial charge in [0.25, 0.3) is 5.91 Å². The lowest BCUT2D eigenvalue weighted by atomic mass is 10.1. The van der Waals surface area contributed by atoms with Gasteiger partial charge >= 0.3 is 0 Å². The molecule has 3 aromatic rings. The van der Waals surface area contributed by atoms with E-state index in [1.807, 2.05) is 18.2 Å². The highest BCUT2D eigenvalue weighted by Crippen LogP contribution is 2.28. The zero-order chi connectivity index (χ0) is 24.1. The second-order valence-electron chi connectivity index (χ2n) is 7.69. The number of hydrogen-bond acceptors (Lipinski definition) is 5. The molecule has 0 radical (unpaired) electrons. The second-order valence-corrected chi connectivity index (χ2v) is 8.50. The van der Waals surface area contributed by atoms with Crippen LogP contribution in [0.25, 0.3) is 0 Å². The Morgan fingerprint density at radius 2 is 1.85 bits per heavy atom. The first kappa shape index (κ1) is 23.7. The lowest BCUT2D eigenvalue weighted by molar-refractivity contribution is -0.124. The molecule has 1 aliphatic rings. The van der Waals surface area contributed by atoms with Crippen LogP contribution in [0.1, 0.15) is 12.1 Å². The van der Waals surface area contributed by atoms with E-state index in [1.165, 1.54) is 4.90 Å². The topological polar surface area (TPSA) is 74.8 Å². The zero-order valence-corrected chi connectivity index (χ0v) is 20.1. The minimum absolute atomic E-state index is 0.0443. The van der Waals surface area contributed by atoms with Crippen LogP contribution in [0.2, 0.25) is 5.02 Å². The van der Waals surface area contributed by atoms with Crippen LogP contribution in [-0.4, -0.2) is 46.5 Å². The average molecular weight is 495 g/mol. The molecule has 1 aliphatic heterocycles. The van der Waals surface area contributed by atoms with Crippen molar-refractivity contribution in [2.45, 2.75) is 18.9 Å². The number of amides is 2. The van der Waals surface area contributed by atoms with Gasteiger partial charge in [0.1, 0.15) is 11.8 Å². The fraction of sp³-hybridized carbons (Fsp3) is 0.200. The lowest BCUT2D eigenvalue weighted by Crippen LogP contribution is -2.39. The lowest BCUT2D eigenvalue weighted by Gasteiger charge is -2.23. The minimum Gasteiger partial charge on any atom is -0.497 e. The smallest absolute Gasteiger partial charge is 0.256 e. The van der Waals surface area contributed by atoms with Crippen LogP contribution in [0.4, 0.5) is 11.4 Å². The monoisotopic (exact) mass is 494 g/mol. The van der Waals surface area contributed by atoms with Gasteiger partial charge in [-0.3, -0.25) is 19.5 Å². The summed E-state index contributed by atoms with van der Waals surface area (Å²) in [7, 11) is 1.58. The van der Waals surface area contributed by atoms with Crippen molar-refractivity contribution in [1.29, 1.82) is 0 Å². The largest absolute Gasteiger partial charge is 0.497 e. The van der Waals surface area contributed by atoms with Crippen LogP contribution in [0.5, 0.6) is 5.75 Å². The number of aromatic nitrogens is 1. The number of rotatable bonds is 8. The summed E-state index contributed by atoms with van der Waals surface area (Å²) >= 11 is 11.7. The molecule has 4 rings (SSSR count). The Morgan fingerprint density at radius 1 is 1.12 bits per heavy atom. The van der Waals surface area contributed by atoms with Crippen molar-refractivity contribution in [1.82, 2.24) is 9.88 Å². The van der Waals surface area contributed by atoms with Crippen LogP contribution in [0.3, 0.4) is 0 Å². The van der Waals surface area contributed by atoms with Gasteiger partial charge in [0, 0.05) is 35.6 Å². The van der Waals surface area contributed by atoms with Crippen molar-refractivity contribution in [3.8, 4) is 5.75 Å². The highest BCUT2D eigenvalue weighted by molar-refractivity contribution is 7.80. The average Bonchev–Trinajstić information content (AvgIpc) is 3.08. The van der Waals surface area contributed by atoms with Crippen LogP contribution >= 0.6 is 23.8 Å². The van der Waals surface area contributed by atoms with E-state index in [2.05, 4.69) is 10.3 Å². The van der Waals surface area contributed by atoms with Crippen molar-refractivity contribution in [2.75, 3.05) is 23.9 Å². The molecule has 0 aliphatic carbocycles. The molecule has 0 bridgehead atoms. The number of halogens is 1. The molecule has 0 unspecified atom stereocenters. The van der Waals surface area contributed by atoms with E-state index in [1.54, 1.807) is 66.7 Å². The van der Waals surface area contributed by atoms with E-state index >= 15 is 0 Å². The molecule has 0 spiro atoms. The van der Waals surface area contributed by atoms with Crippen LogP contribution < -0.4 is 15.0 Å². The molecule has 174 valence electrons. The molecule has 2 amide bonds. The summed E-state index contributed by atoms with van der Waals surface area (Å²) in [6.45, 7) is 0.451. The minimum atomic E-state index is -0.731. The first-order valence-electron chi connectivity index (χ1n) is 10.7. The SMILES string of the molecule is COc1ccc(NC(=O)C[C@H]2C(=O)N(c3ccc(Cl)cc3)C(=S)N2CCc2ccccn2)cc1. The summed E-state index contributed by atoms with van der Waals surface area (Å²) in [5.41, 5.74) is 2.11. The number of nitrogens with one attached hydrogen (secondary N) is 1. The summed E-state index contributed by atoms with van der Waals surface area (Å²) < 4.78 is 5.15. The maximum Gasteiger partial charge on any atom is 0.256 e. The van der Waals surface area contributed by atoms with Gasteiger partial charge in [0.05, 0.1) is 19.2 Å². The summed E-state index contributed by atoms with van der Waals surface area (Å²) in [5, 5.41) is 3.76. The predicted molar refractivity (Wildman–Crippen MR) is 136 cm³/mol. The van der Waals surface area contributed by atoms with Gasteiger partial charge in [-0.15, -0.1) is 0 Å². The summed E-state index contributed by atoms with van der Waals surface area (Å²) in [4.78, 5) is 33.9. The molecule has 1 atom stereocenters. The predicted octanol–water partition coefficient (Wildman–Crippen LogP) is 4.32. The highest BCUT2D eigenvalue weighted by Gasteiger charge is 2.43. The number of thiocarbonyl (C=S) groups is 1. The van der Waals surface area contributed by atoms with E-state index < -0.39 is 6.04 Å². The number of nitrogens with zero attached hydrogens (tertiary/aromatic N) is 3. The number of ether oxygens (including phenoxy) is 1. The van der Waals surface area contributed by atoms with E-state index in [4.69, 9.17) is 28.6 Å². The number of pyridine rings is 1. The van der Waals surface area contributed by atoms with E-state index in [0.29, 0.717) is 40.2 Å². The molecular weight excluding hydrogens is 472 g/mol. The third kappa shape index (κ3) is 5.35. The van der Waals surface area contributed by atoms with Crippen molar-refractivity contribution < 1.29 is 14.3 Å². The molecule has 1 fully saturated rings. The summed E-state index contributed by atoms with van der Waals surface area (Å²) in [5.74, 6) is 0.152. The zero-order valence-electron chi connectivity index (χ0n) is 18.5. The Bertz CT molecular complexity index is 1170. The third-order valence-electron chi connectivity index (χ3n) is 5.49. The third-order valence-corrected chi connectivity index (χ3v) is 6.16. The van der Waals surface area contributed by atoms with Crippen LogP contribution in [-0.2, 0) is 16.0 Å². The Kier molecular flexibility index (Phi) is 7.40. The van der Waals surface area contributed by atoms with Gasteiger partial charge in [-0.1, -0.05) is 17.7 Å². The normalized spacial score (nSPS) is 15.5. The highest BCUT2D eigenvalue weighted by atomic mass is 35.5. The van der Waals surface area contributed by atoms with Gasteiger partial charge in [-0.2, -0.15) is 0 Å². The summed E-state index contributed by atoms with van der Waals surface area (Å²) in [6, 6.07) is 18.8. The van der Waals surface area contributed by atoms with E-state index in [9.17, 15) is 9.59 Å². The standard InChI is InChI=1S/C25H23ClN4O3S/c1-33-21-11-7-19(8-12-21)28-23(31)16-22-24(32)30(20-9-5-17(26)6-10-20)25(34)29(22)15-13-18-4-2-3-14-27-18/h2-12,14,22H,13,15-16H2,1H3,(H,28,31)/t22-/m0/s1. The molecule has 9 heteroatoms. The van der Waals surface area contributed by atoms with Crippen molar-refractivity contribution in [2.24, 2.45) is 0 Å². The Hall–Kier alpha value is -3.49. The van der Waals surface area contributed by atoms with E-state index in [-0.39, 0.29) is 18.2 Å². The first-order valence-corrected chi connectivity index (χ1v) is 11.5. The van der Waals surface area contributed by atoms with Gasteiger partial charge in [-0.05, 0) is 72.9 Å². The second kappa shape index (κ2) is 10.6. The Morgan fingerprint density at radius 3 is 2.50 bits per heavy atom. The van der Waals surface area contributed by atoms with Crippen molar-refractivity contribution >= 4 is 52.1 Å². The fourth-order valence-corrected chi connectivity index (χ4v) is 4.30. The van der Waals surface area contributed by atoms with E-state index in [0.717, 1.165) is 5.69 Å². The maximum atomic E-state index is 13.4. The van der Waals surface area contributed by atoms with Crippen LogP contribution in [0.15, 0.2) is 72.9 Å². The molecule has 2 heterocycles. The molecule has 1 N–H and O–H groups in total. The van der Waals surface area contributed by atoms with Crippen molar-refractivity contribution in [3.63, 3.8) is 0 Å². The molecule has 1 saturated heterocycles. The molecule has 34 heavy (non-hydrogen) atoms. The Balaban J connectivity index is 1.53. The molecule has 0 saturated carbocycles. The quantitative estimate of drug-likeness (QED) is 0.470. The van der Waals surface area contributed by atoms with Gasteiger partial charge in [0.15, 0.2) is 5.11 Å². The number of carbonyl (C=O) groups is 2. The number of hydrogen-bond donors (Lipinski definition) is 1. The van der Waals surface area contributed by atoms with Gasteiger partial charge < -0.3 is 15.0 Å². The Labute approximate surface area is 208 Å². The number of benzene rings is 2. The van der Waals surface area contributed by atoms with Gasteiger partial charge in [-0.25, -0.2) is 0 Å². The van der Waals surface area contributed by atoms with Crippen molar-refractivity contribution in [3.05, 3.63) is 83.6 Å². The van der Waals surface area contributed by atoms with Crippen LogP contribution in [0, 0.1) is 0 Å². The number of methoxy groups -OCH3 is 1. The summed E-state index contributed by atoms with van der Waals surface area (Å²) in [6.07, 6.45) is 2.26. The molecular formula is C25H23ClN4O3S. The first-order chi connectivity index (χ1) is 16.5. The molecule has 7 nitrogen and oxygen atoms in total. The van der Waals surface area contributed by atoms with Gasteiger partial charge in [0.2, 0.25) is 5.91 Å². The molecule has 2 aromatic carbocycles. The fourth-order valence-electron chi connectivity index (χ4n) is 3.76. The number of carbonyl (C=O) groups excluding carboxylic acids is 2. The molecule has 1 aromatic heterocycles. The maximum absolute atomic E-state index is 13.4. The number of anilines is 2.